The molecule has 28 heteroatoms. The minimum atomic E-state index is -1.96. The number of benzene rings is 2. The van der Waals surface area contributed by atoms with Crippen LogP contribution in [0.15, 0.2) is 65.7 Å². The van der Waals surface area contributed by atoms with Crippen molar-refractivity contribution in [1.29, 1.82) is 0 Å². The molecule has 1 aliphatic heterocycles. The summed E-state index contributed by atoms with van der Waals surface area (Å²) in [5.41, 5.74) is 11.7. The van der Waals surface area contributed by atoms with Gasteiger partial charge in [0.25, 0.3) is 0 Å². The molecule has 0 radical (unpaired) electrons. The fraction of sp³-hybridized carbons (Fsp3) is 0.558. The van der Waals surface area contributed by atoms with E-state index in [1.54, 1.807) is 64.1 Å². The predicted octanol–water partition coefficient (Wildman–Crippen LogP) is -4.20. The number of nitrogens with zero attached hydrogens (tertiary/aromatic N) is 1. The molecule has 28 nitrogen and oxygen atoms in total. The Morgan fingerprint density at radius 3 is 1.71 bits per heavy atom. The smallest absolute Gasteiger partial charge is 0.408 e. The Hall–Kier alpha value is -7.95. The first-order valence-corrected chi connectivity index (χ1v) is 26.2. The number of ether oxygens (including phenoxy) is 1. The molecule has 0 bridgehead atoms. The van der Waals surface area contributed by atoms with Crippen LogP contribution in [-0.2, 0) is 54.5 Å². The van der Waals surface area contributed by atoms with Crippen molar-refractivity contribution in [1.82, 2.24) is 53.2 Å². The highest BCUT2D eigenvalue weighted by atomic mass is 16.5. The summed E-state index contributed by atoms with van der Waals surface area (Å²) in [4.78, 5) is 144. The maximum Gasteiger partial charge on any atom is 0.408 e. The van der Waals surface area contributed by atoms with E-state index in [2.05, 4.69) is 58.2 Å². The predicted molar refractivity (Wildman–Crippen MR) is 288 cm³/mol. The molecule has 2 aromatic rings. The van der Waals surface area contributed by atoms with Gasteiger partial charge in [0.15, 0.2) is 5.96 Å². The molecule has 1 saturated heterocycles. The third kappa shape index (κ3) is 20.7. The molecule has 0 saturated carbocycles. The zero-order valence-electron chi connectivity index (χ0n) is 45.9. The van der Waals surface area contributed by atoms with Gasteiger partial charge in [-0.1, -0.05) is 109 Å². The Morgan fingerprint density at radius 1 is 0.637 bits per heavy atom. The lowest BCUT2D eigenvalue weighted by Gasteiger charge is -2.33. The Balaban J connectivity index is 2.26. The summed E-state index contributed by atoms with van der Waals surface area (Å²) >= 11 is 0. The van der Waals surface area contributed by atoms with E-state index >= 15 is 0 Å². The van der Waals surface area contributed by atoms with Crippen LogP contribution in [0.5, 0.6) is 0 Å². The van der Waals surface area contributed by atoms with Crippen molar-refractivity contribution >= 4 is 65.2 Å². The van der Waals surface area contributed by atoms with Gasteiger partial charge in [-0.3, -0.25) is 48.1 Å². The number of carbonyl (C=O) groups is 10. The van der Waals surface area contributed by atoms with Crippen LogP contribution in [0.1, 0.15) is 84.9 Å². The fourth-order valence-corrected chi connectivity index (χ4v) is 8.00. The van der Waals surface area contributed by atoms with E-state index in [-0.39, 0.29) is 43.9 Å². The number of hydrogen-bond acceptors (Lipinski definition) is 16. The molecule has 442 valence electrons. The summed E-state index contributed by atoms with van der Waals surface area (Å²) < 4.78 is 5.45. The van der Waals surface area contributed by atoms with Crippen LogP contribution < -0.4 is 64.6 Å². The van der Waals surface area contributed by atoms with Crippen LogP contribution in [0.2, 0.25) is 0 Å². The van der Waals surface area contributed by atoms with Crippen LogP contribution in [0.4, 0.5) is 4.79 Å². The van der Waals surface area contributed by atoms with Crippen LogP contribution in [0.3, 0.4) is 0 Å². The van der Waals surface area contributed by atoms with Crippen molar-refractivity contribution in [2.75, 3.05) is 26.3 Å². The van der Waals surface area contributed by atoms with E-state index in [0.717, 1.165) is 6.92 Å². The van der Waals surface area contributed by atoms with E-state index in [4.69, 9.17) is 16.2 Å². The molecular formula is C52H79N13O15. The molecule has 1 fully saturated rings. The Kier molecular flexibility index (Phi) is 27.2. The topological polar surface area (TPSA) is 446 Å². The second-order valence-electron chi connectivity index (χ2n) is 19.9. The van der Waals surface area contributed by atoms with E-state index in [1.807, 2.05) is 0 Å². The molecule has 0 spiro atoms. The summed E-state index contributed by atoms with van der Waals surface area (Å²) in [7, 11) is 0. The number of aliphatic imine (C=N–C) groups is 1. The molecule has 0 aliphatic carbocycles. The summed E-state index contributed by atoms with van der Waals surface area (Å²) in [6, 6.07) is 0.561. The van der Waals surface area contributed by atoms with E-state index in [1.165, 1.54) is 38.1 Å². The molecule has 3 rings (SSSR count). The quantitative estimate of drug-likeness (QED) is 0.0431. The van der Waals surface area contributed by atoms with Crippen molar-refractivity contribution in [2.24, 2.45) is 34.2 Å². The average molecular weight is 1130 g/mol. The summed E-state index contributed by atoms with van der Waals surface area (Å²) in [5, 5.41) is 67.2. The fourth-order valence-electron chi connectivity index (χ4n) is 8.00. The van der Waals surface area contributed by atoms with Gasteiger partial charge in [-0.15, -0.1) is 0 Å². The van der Waals surface area contributed by atoms with Crippen molar-refractivity contribution in [3.05, 3.63) is 71.8 Å². The minimum Gasteiger partial charge on any atom is -0.445 e. The lowest BCUT2D eigenvalue weighted by Crippen LogP contribution is -2.64. The van der Waals surface area contributed by atoms with Crippen LogP contribution in [0.25, 0.3) is 0 Å². The van der Waals surface area contributed by atoms with Crippen molar-refractivity contribution in [3.63, 3.8) is 0 Å². The van der Waals surface area contributed by atoms with E-state index in [9.17, 15) is 68.4 Å². The van der Waals surface area contributed by atoms with E-state index in [0.29, 0.717) is 5.56 Å². The van der Waals surface area contributed by atoms with Gasteiger partial charge in [0.2, 0.25) is 53.2 Å². The van der Waals surface area contributed by atoms with Crippen LogP contribution in [-0.4, -0.2) is 172 Å². The molecule has 12 atom stereocenters. The van der Waals surface area contributed by atoms with Gasteiger partial charge in [-0.2, -0.15) is 0 Å². The van der Waals surface area contributed by atoms with Gasteiger partial charge in [-0.05, 0) is 48.6 Å². The molecule has 18 N–H and O–H groups in total. The molecule has 10 amide bonds. The second-order valence-corrected chi connectivity index (χ2v) is 19.9. The number of guanidine groups is 1. The van der Waals surface area contributed by atoms with Crippen LogP contribution >= 0.6 is 0 Å². The van der Waals surface area contributed by atoms with Gasteiger partial charge in [0, 0.05) is 6.54 Å². The van der Waals surface area contributed by atoms with Crippen LogP contribution in [0, 0.1) is 17.8 Å². The first-order chi connectivity index (χ1) is 37.8. The van der Waals surface area contributed by atoms with Gasteiger partial charge in [0.05, 0.1) is 38.0 Å². The van der Waals surface area contributed by atoms with Gasteiger partial charge in [0.1, 0.15) is 54.9 Å². The first kappa shape index (κ1) is 66.3. The second kappa shape index (κ2) is 32.8. The van der Waals surface area contributed by atoms with Gasteiger partial charge < -0.3 is 89.8 Å². The third-order valence-electron chi connectivity index (χ3n) is 12.9. The lowest BCUT2D eigenvalue weighted by atomic mass is 9.94. The summed E-state index contributed by atoms with van der Waals surface area (Å²) in [5.74, 6) is -12.2. The zero-order valence-corrected chi connectivity index (χ0v) is 45.9. The summed E-state index contributed by atoms with van der Waals surface area (Å²) in [6.07, 6.45) is -4.31. The maximum absolute atomic E-state index is 14.9. The zero-order chi connectivity index (χ0) is 59.8. The molecule has 1 aliphatic rings. The summed E-state index contributed by atoms with van der Waals surface area (Å²) in [6.45, 7) is 7.21. The third-order valence-corrected chi connectivity index (χ3v) is 12.9. The lowest BCUT2D eigenvalue weighted by molar-refractivity contribution is -0.138. The number of amides is 10. The van der Waals surface area contributed by atoms with Crippen molar-refractivity contribution in [3.8, 4) is 0 Å². The minimum absolute atomic E-state index is 0.00937. The number of nitrogens with two attached hydrogens (primary N) is 2. The number of hydrogen-bond donors (Lipinski definition) is 16. The number of aliphatic hydroxyl groups is 4. The number of rotatable bonds is 16. The monoisotopic (exact) mass is 1130 g/mol. The highest BCUT2D eigenvalue weighted by Crippen LogP contribution is 2.20. The molecule has 2 aromatic carbocycles. The average Bonchev–Trinajstić information content (AvgIpc) is 3.42. The van der Waals surface area contributed by atoms with Gasteiger partial charge in [-0.25, -0.2) is 4.79 Å². The standard InChI is InChI=1S/C52H79N13O15/c1-8-28(6)37-48(76)62-38(29(7)68)46(74)56-22-35(69)57-33(23-66)44(72)59-34(24-67)45(73)63-39(31-18-13-10-14-19-31)40(65-52(79)80-25-30-16-11-9-12-17-30)49(77)64-41(42(70)27(4)5)50(78)60-36(26(2)3)47(75)58-32(43(71)61-37)20-15-21-55-51(53)54/h9-14,16-19,26-29,32-34,36-42,66-68,70H,8,15,20-25H2,1-7H3,(H,56,74)(H,57,69)(H,58,75)(H,59,72)(H,60,78)(H,61,71)(H,62,76)(H,63,73)(H,64,77)(H,65,79)(H4,53,54,55)/t28-,29-,32+,33-,34?,36-,37-,38-,39+,40-,41-,42+/m0/s1. The molecule has 80 heavy (non-hydrogen) atoms. The highest BCUT2D eigenvalue weighted by molar-refractivity contribution is 5.99. The van der Waals surface area contributed by atoms with Crippen molar-refractivity contribution < 1.29 is 73.1 Å². The number of aliphatic hydroxyl groups excluding tert-OH is 4. The van der Waals surface area contributed by atoms with E-state index < -0.39 is 163 Å². The number of nitrogens with one attached hydrogen (secondary N) is 10. The highest BCUT2D eigenvalue weighted by Gasteiger charge is 2.41. The molecule has 0 aromatic heterocycles. The normalized spacial score (nSPS) is 25.0. The number of alkyl carbamates (subject to hydrolysis) is 1. The molecule has 1 unspecified atom stereocenters. The maximum atomic E-state index is 14.9. The van der Waals surface area contributed by atoms with Gasteiger partial charge >= 0.3 is 6.09 Å². The molecule has 1 heterocycles. The largest absolute Gasteiger partial charge is 0.445 e. The SMILES string of the molecule is CC[C@H](C)[C@@H]1NC(=O)[C@@H](CCCN=C(N)N)NC(=O)[C@H](C(C)C)NC(=O)[C@H]([C@H](O)C(C)C)NC(=O)[C@@H](NC(=O)OCc2ccccc2)[C@@H](c2ccccc2)NC(=O)C(CO)NC(=O)[C@H](CO)NC(=O)CNC(=O)[C@H]([C@H](C)O)NC1=O. The first-order valence-electron chi connectivity index (χ1n) is 26.2. The Labute approximate surface area is 463 Å². The Morgan fingerprint density at radius 2 is 1.15 bits per heavy atom. The molecular weight excluding hydrogens is 1050 g/mol. The Bertz CT molecular complexity index is 2450. The number of carbonyl (C=O) groups excluding carboxylic acids is 10. The van der Waals surface area contributed by atoms with Crippen molar-refractivity contribution in [2.45, 2.75) is 141 Å².